The lowest BCUT2D eigenvalue weighted by atomic mass is 10.1. The number of ether oxygens (including phenoxy) is 2. The summed E-state index contributed by atoms with van der Waals surface area (Å²) in [7, 11) is 0. The molecule has 3 aromatic rings. The molecular formula is C20H15FN2O4. The monoisotopic (exact) mass is 366 g/mol. The summed E-state index contributed by atoms with van der Waals surface area (Å²) in [4.78, 5) is 27.2. The summed E-state index contributed by atoms with van der Waals surface area (Å²) >= 11 is 0. The van der Waals surface area contributed by atoms with Crippen molar-refractivity contribution in [1.29, 1.82) is 0 Å². The van der Waals surface area contributed by atoms with E-state index in [0.29, 0.717) is 22.8 Å². The predicted octanol–water partition coefficient (Wildman–Crippen LogP) is 2.84. The number of aromatic nitrogens is 1. The summed E-state index contributed by atoms with van der Waals surface area (Å²) in [6.45, 7) is 0.426. The number of amides is 1. The molecule has 4 rings (SSSR count). The third-order valence-corrected chi connectivity index (χ3v) is 4.20. The van der Waals surface area contributed by atoms with Crippen LogP contribution in [0.5, 0.6) is 11.5 Å². The van der Waals surface area contributed by atoms with E-state index in [2.05, 4.69) is 10.3 Å². The molecule has 7 heteroatoms. The lowest BCUT2D eigenvalue weighted by molar-refractivity contribution is 0.0949. The van der Waals surface area contributed by atoms with Crippen LogP contribution in [0.1, 0.15) is 15.9 Å². The van der Waals surface area contributed by atoms with Gasteiger partial charge in [0.1, 0.15) is 11.4 Å². The van der Waals surface area contributed by atoms with E-state index in [1.807, 2.05) is 6.07 Å². The zero-order valence-electron chi connectivity index (χ0n) is 14.1. The van der Waals surface area contributed by atoms with Gasteiger partial charge in [-0.2, -0.15) is 0 Å². The highest BCUT2D eigenvalue weighted by molar-refractivity contribution is 5.94. The van der Waals surface area contributed by atoms with Crippen LogP contribution in [0.3, 0.4) is 0 Å². The van der Waals surface area contributed by atoms with Gasteiger partial charge >= 0.3 is 0 Å². The number of carbonyl (C=O) groups is 1. The van der Waals surface area contributed by atoms with Crippen molar-refractivity contribution in [3.05, 3.63) is 81.9 Å². The van der Waals surface area contributed by atoms with E-state index in [1.54, 1.807) is 30.3 Å². The molecule has 2 heterocycles. The fraction of sp³-hybridized carbons (Fsp3) is 0.100. The van der Waals surface area contributed by atoms with E-state index in [1.165, 1.54) is 18.2 Å². The molecule has 2 N–H and O–H groups in total. The maximum absolute atomic E-state index is 13.0. The minimum atomic E-state index is -0.514. The van der Waals surface area contributed by atoms with Crippen LogP contribution in [0, 0.1) is 5.82 Å². The van der Waals surface area contributed by atoms with Gasteiger partial charge in [-0.15, -0.1) is 0 Å². The Morgan fingerprint density at radius 3 is 2.59 bits per heavy atom. The lowest BCUT2D eigenvalue weighted by Crippen LogP contribution is -2.29. The smallest absolute Gasteiger partial charge is 0.261 e. The van der Waals surface area contributed by atoms with Gasteiger partial charge in [-0.3, -0.25) is 9.59 Å². The molecule has 0 fully saturated rings. The number of nitrogens with one attached hydrogen (secondary N) is 2. The van der Waals surface area contributed by atoms with Crippen molar-refractivity contribution in [1.82, 2.24) is 10.3 Å². The maximum atomic E-state index is 13.0. The van der Waals surface area contributed by atoms with Crippen LogP contribution in [0.15, 0.2) is 59.4 Å². The number of hydrogen-bond donors (Lipinski definition) is 2. The third-order valence-electron chi connectivity index (χ3n) is 4.20. The number of benzene rings is 2. The quantitative estimate of drug-likeness (QED) is 0.744. The highest BCUT2D eigenvalue weighted by Crippen LogP contribution is 2.32. The van der Waals surface area contributed by atoms with E-state index in [4.69, 9.17) is 9.47 Å². The molecule has 1 amide bonds. The Labute approximate surface area is 153 Å². The van der Waals surface area contributed by atoms with Crippen LogP contribution in [0.25, 0.3) is 11.3 Å². The number of aromatic amines is 1. The maximum Gasteiger partial charge on any atom is 0.261 e. The minimum absolute atomic E-state index is 0.00149. The molecule has 1 aliphatic rings. The molecular weight excluding hydrogens is 351 g/mol. The largest absolute Gasteiger partial charge is 0.454 e. The van der Waals surface area contributed by atoms with E-state index in [0.717, 1.165) is 5.56 Å². The van der Waals surface area contributed by atoms with Crippen LogP contribution >= 0.6 is 0 Å². The number of H-pyrrole nitrogens is 1. The molecule has 0 aliphatic carbocycles. The average molecular weight is 366 g/mol. The zero-order valence-corrected chi connectivity index (χ0v) is 14.1. The summed E-state index contributed by atoms with van der Waals surface area (Å²) < 4.78 is 23.6. The molecule has 0 saturated heterocycles. The second-order valence-corrected chi connectivity index (χ2v) is 5.99. The van der Waals surface area contributed by atoms with Crippen LogP contribution < -0.4 is 20.3 Å². The molecule has 0 spiro atoms. The topological polar surface area (TPSA) is 80.4 Å². The highest BCUT2D eigenvalue weighted by Gasteiger charge is 2.15. The van der Waals surface area contributed by atoms with Gasteiger partial charge in [0.15, 0.2) is 11.5 Å². The van der Waals surface area contributed by atoms with E-state index < -0.39 is 11.5 Å². The van der Waals surface area contributed by atoms with Crippen LogP contribution in [-0.4, -0.2) is 17.7 Å². The van der Waals surface area contributed by atoms with Gasteiger partial charge in [0, 0.05) is 12.2 Å². The predicted molar refractivity (Wildman–Crippen MR) is 96.2 cm³/mol. The van der Waals surface area contributed by atoms with Gasteiger partial charge < -0.3 is 19.8 Å². The highest BCUT2D eigenvalue weighted by atomic mass is 19.1. The molecule has 6 nitrogen and oxygen atoms in total. The number of hydrogen-bond acceptors (Lipinski definition) is 4. The molecule has 0 saturated carbocycles. The van der Waals surface area contributed by atoms with Gasteiger partial charge in [0.25, 0.3) is 11.5 Å². The van der Waals surface area contributed by atoms with Gasteiger partial charge in [-0.25, -0.2) is 4.39 Å². The first-order valence-corrected chi connectivity index (χ1v) is 8.26. The molecule has 2 aromatic carbocycles. The summed E-state index contributed by atoms with van der Waals surface area (Å²) in [5.41, 5.74) is 1.47. The summed E-state index contributed by atoms with van der Waals surface area (Å²) in [5.74, 6) is 0.446. The fourth-order valence-electron chi connectivity index (χ4n) is 2.78. The number of carbonyl (C=O) groups excluding carboxylic acids is 1. The van der Waals surface area contributed by atoms with Crippen molar-refractivity contribution < 1.29 is 18.7 Å². The van der Waals surface area contributed by atoms with Gasteiger partial charge in [-0.1, -0.05) is 6.07 Å². The zero-order chi connectivity index (χ0) is 18.8. The van der Waals surface area contributed by atoms with Crippen molar-refractivity contribution in [3.8, 4) is 22.8 Å². The van der Waals surface area contributed by atoms with Crippen molar-refractivity contribution in [3.63, 3.8) is 0 Å². The van der Waals surface area contributed by atoms with Crippen LogP contribution in [0.4, 0.5) is 4.39 Å². The Morgan fingerprint density at radius 2 is 1.81 bits per heavy atom. The second kappa shape index (κ2) is 6.95. The van der Waals surface area contributed by atoms with Crippen molar-refractivity contribution >= 4 is 5.91 Å². The summed E-state index contributed by atoms with van der Waals surface area (Å²) in [5, 5.41) is 2.71. The molecule has 1 aliphatic heterocycles. The number of pyridine rings is 1. The molecule has 0 radical (unpaired) electrons. The SMILES string of the molecule is O=C(NCc1ccc2c(c1)OCO2)c1ccc(-c2ccc(F)cc2)[nH]c1=O. The first kappa shape index (κ1) is 16.8. The van der Waals surface area contributed by atoms with Gasteiger partial charge in [-0.05, 0) is 59.7 Å². The standard InChI is InChI=1S/C20H15FN2O4/c21-14-4-2-13(3-5-14)16-7-6-15(20(25)23-16)19(24)22-10-12-1-8-17-18(9-12)27-11-26-17/h1-9H,10-11H2,(H,22,24)(H,23,25). The first-order valence-electron chi connectivity index (χ1n) is 8.26. The Kier molecular flexibility index (Phi) is 4.33. The van der Waals surface area contributed by atoms with Gasteiger partial charge in [0.2, 0.25) is 6.79 Å². The van der Waals surface area contributed by atoms with E-state index in [-0.39, 0.29) is 24.7 Å². The van der Waals surface area contributed by atoms with E-state index >= 15 is 0 Å². The fourth-order valence-corrected chi connectivity index (χ4v) is 2.78. The van der Waals surface area contributed by atoms with Gasteiger partial charge in [0.05, 0.1) is 0 Å². The normalized spacial score (nSPS) is 12.0. The Balaban J connectivity index is 1.47. The summed E-state index contributed by atoms with van der Waals surface area (Å²) in [6, 6.07) is 14.2. The first-order chi connectivity index (χ1) is 13.1. The van der Waals surface area contributed by atoms with Crippen LogP contribution in [0.2, 0.25) is 0 Å². The minimum Gasteiger partial charge on any atom is -0.454 e. The Hall–Kier alpha value is -3.61. The Morgan fingerprint density at radius 1 is 1.04 bits per heavy atom. The molecule has 0 atom stereocenters. The van der Waals surface area contributed by atoms with Crippen LogP contribution in [-0.2, 0) is 6.54 Å². The molecule has 136 valence electrons. The average Bonchev–Trinajstić information content (AvgIpc) is 3.14. The second-order valence-electron chi connectivity index (χ2n) is 5.99. The van der Waals surface area contributed by atoms with Crippen molar-refractivity contribution in [2.45, 2.75) is 6.54 Å². The van der Waals surface area contributed by atoms with Crippen molar-refractivity contribution in [2.75, 3.05) is 6.79 Å². The lowest BCUT2D eigenvalue weighted by Gasteiger charge is -2.07. The molecule has 0 bridgehead atoms. The molecule has 1 aromatic heterocycles. The number of rotatable bonds is 4. The Bertz CT molecular complexity index is 1060. The molecule has 0 unspecified atom stereocenters. The van der Waals surface area contributed by atoms with E-state index in [9.17, 15) is 14.0 Å². The third kappa shape index (κ3) is 3.52. The number of halogens is 1. The van der Waals surface area contributed by atoms with Crippen molar-refractivity contribution in [2.24, 2.45) is 0 Å². The number of fused-ring (bicyclic) bond motifs is 1. The summed E-state index contributed by atoms with van der Waals surface area (Å²) in [6.07, 6.45) is 0. The molecule has 27 heavy (non-hydrogen) atoms.